The fourth-order valence-corrected chi connectivity index (χ4v) is 2.13. The predicted octanol–water partition coefficient (Wildman–Crippen LogP) is 2.44. The first kappa shape index (κ1) is 12.8. The molecule has 1 saturated carbocycles. The van der Waals surface area contributed by atoms with Gasteiger partial charge in [-0.2, -0.15) is 0 Å². The Bertz CT molecular complexity index is 484. The second kappa shape index (κ2) is 4.24. The van der Waals surface area contributed by atoms with Gasteiger partial charge >= 0.3 is 0 Å². The first-order chi connectivity index (χ1) is 8.32. The van der Waals surface area contributed by atoms with Gasteiger partial charge in [-0.1, -0.05) is 13.8 Å². The number of nitro benzene ring substituents is 1. The maximum Gasteiger partial charge on any atom is 0.272 e. The average molecular weight is 251 g/mol. The molecule has 5 nitrogen and oxygen atoms in total. The molecule has 0 bridgehead atoms. The van der Waals surface area contributed by atoms with Crippen molar-refractivity contribution in [3.63, 3.8) is 0 Å². The third kappa shape index (κ3) is 2.06. The van der Waals surface area contributed by atoms with Gasteiger partial charge in [0, 0.05) is 23.5 Å². The number of nitro groups is 1. The van der Waals surface area contributed by atoms with E-state index in [2.05, 4.69) is 0 Å². The van der Waals surface area contributed by atoms with Crippen molar-refractivity contribution in [2.75, 3.05) is 0 Å². The normalized spacial score (nSPS) is 25.3. The quantitative estimate of drug-likeness (QED) is 0.661. The van der Waals surface area contributed by atoms with E-state index in [1.165, 1.54) is 6.07 Å². The van der Waals surface area contributed by atoms with Crippen LogP contribution in [-0.2, 0) is 0 Å². The van der Waals surface area contributed by atoms with Crippen molar-refractivity contribution in [3.05, 3.63) is 33.9 Å². The highest BCUT2D eigenvalue weighted by Crippen LogP contribution is 2.43. The first-order valence-electron chi connectivity index (χ1n) is 5.92. The Kier molecular flexibility index (Phi) is 3.02. The van der Waals surface area contributed by atoms with E-state index < -0.39 is 4.92 Å². The number of rotatable bonds is 3. The van der Waals surface area contributed by atoms with Gasteiger partial charge in [0.1, 0.15) is 11.9 Å². The summed E-state index contributed by atoms with van der Waals surface area (Å²) in [6.07, 6.45) is 0.207. The van der Waals surface area contributed by atoms with Crippen LogP contribution in [0.4, 0.5) is 5.69 Å². The largest absolute Gasteiger partial charge is 0.490 e. The van der Waals surface area contributed by atoms with Crippen LogP contribution in [0.2, 0.25) is 0 Å². The van der Waals surface area contributed by atoms with Crippen LogP contribution in [0, 0.1) is 22.5 Å². The van der Waals surface area contributed by atoms with Gasteiger partial charge < -0.3 is 9.84 Å². The molecule has 1 aliphatic rings. The number of aliphatic hydroxyl groups excluding tert-OH is 1. The van der Waals surface area contributed by atoms with Crippen molar-refractivity contribution in [1.29, 1.82) is 0 Å². The van der Waals surface area contributed by atoms with Crippen molar-refractivity contribution in [1.82, 2.24) is 0 Å². The number of hydrogen-bond acceptors (Lipinski definition) is 4. The summed E-state index contributed by atoms with van der Waals surface area (Å²) in [5.41, 5.74) is 0.404. The van der Waals surface area contributed by atoms with Gasteiger partial charge in [-0.05, 0) is 19.1 Å². The lowest BCUT2D eigenvalue weighted by Gasteiger charge is -2.48. The Morgan fingerprint density at radius 1 is 1.50 bits per heavy atom. The summed E-state index contributed by atoms with van der Waals surface area (Å²) in [5.74, 6) is 0.614. The fraction of sp³-hybridized carbons (Fsp3) is 0.538. The molecule has 0 aliphatic heterocycles. The van der Waals surface area contributed by atoms with Crippen molar-refractivity contribution >= 4 is 5.69 Å². The Hall–Kier alpha value is -1.62. The lowest BCUT2D eigenvalue weighted by atomic mass is 9.66. The van der Waals surface area contributed by atoms with Crippen molar-refractivity contribution in [3.8, 4) is 5.75 Å². The molecule has 2 rings (SSSR count). The summed E-state index contributed by atoms with van der Waals surface area (Å²) in [4.78, 5) is 10.3. The van der Waals surface area contributed by atoms with E-state index in [1.807, 2.05) is 13.8 Å². The molecule has 1 fully saturated rings. The van der Waals surface area contributed by atoms with Crippen molar-refractivity contribution < 1.29 is 14.8 Å². The topological polar surface area (TPSA) is 72.6 Å². The number of hydrogen-bond donors (Lipinski definition) is 1. The van der Waals surface area contributed by atoms with Gasteiger partial charge in [-0.15, -0.1) is 0 Å². The zero-order valence-corrected chi connectivity index (χ0v) is 10.7. The molecular weight excluding hydrogens is 234 g/mol. The lowest BCUT2D eigenvalue weighted by Crippen LogP contribution is -2.56. The summed E-state index contributed by atoms with van der Waals surface area (Å²) < 4.78 is 5.77. The third-order valence-corrected chi connectivity index (χ3v) is 3.77. The third-order valence-electron chi connectivity index (χ3n) is 3.77. The average Bonchev–Trinajstić information content (AvgIpc) is 2.28. The number of aryl methyl sites for hydroxylation is 1. The van der Waals surface area contributed by atoms with Crippen LogP contribution in [-0.4, -0.2) is 22.2 Å². The van der Waals surface area contributed by atoms with Gasteiger partial charge in [0.25, 0.3) is 5.69 Å². The fourth-order valence-electron chi connectivity index (χ4n) is 2.13. The Morgan fingerprint density at radius 3 is 2.61 bits per heavy atom. The van der Waals surface area contributed by atoms with Crippen LogP contribution in [0.1, 0.15) is 25.8 Å². The van der Waals surface area contributed by atoms with Crippen LogP contribution < -0.4 is 4.74 Å². The second-order valence-electron chi connectivity index (χ2n) is 5.38. The van der Waals surface area contributed by atoms with Crippen LogP contribution in [0.15, 0.2) is 18.2 Å². The molecule has 0 saturated heterocycles. The van der Waals surface area contributed by atoms with Crippen molar-refractivity contribution in [2.45, 2.75) is 39.4 Å². The highest BCUT2D eigenvalue weighted by Gasteiger charge is 2.49. The molecule has 2 unspecified atom stereocenters. The molecule has 0 amide bonds. The van der Waals surface area contributed by atoms with Gasteiger partial charge in [0.2, 0.25) is 0 Å². The van der Waals surface area contributed by atoms with E-state index in [0.29, 0.717) is 17.7 Å². The summed E-state index contributed by atoms with van der Waals surface area (Å²) in [7, 11) is 0. The number of nitrogens with zero attached hydrogens (tertiary/aromatic N) is 1. The molecule has 0 aromatic heterocycles. The SMILES string of the molecule is Cc1cc(OC2CC(O)C2(C)C)ccc1[N+](=O)[O-]. The van der Waals surface area contributed by atoms with Crippen LogP contribution >= 0.6 is 0 Å². The van der Waals surface area contributed by atoms with Gasteiger partial charge in [-0.25, -0.2) is 0 Å². The molecule has 1 aromatic carbocycles. The van der Waals surface area contributed by atoms with Crippen molar-refractivity contribution in [2.24, 2.45) is 5.41 Å². The molecule has 0 radical (unpaired) electrons. The number of ether oxygens (including phenoxy) is 1. The summed E-state index contributed by atoms with van der Waals surface area (Å²) in [6, 6.07) is 4.72. The summed E-state index contributed by atoms with van der Waals surface area (Å²) in [6.45, 7) is 5.58. The molecule has 98 valence electrons. The van der Waals surface area contributed by atoms with Gasteiger partial charge in [0.05, 0.1) is 11.0 Å². The van der Waals surface area contributed by atoms with Gasteiger partial charge in [0.15, 0.2) is 0 Å². The molecular formula is C13H17NO4. The maximum absolute atomic E-state index is 10.7. The Balaban J connectivity index is 2.12. The van der Waals surface area contributed by atoms with Crippen LogP contribution in [0.5, 0.6) is 5.75 Å². The highest BCUT2D eigenvalue weighted by molar-refractivity contribution is 5.44. The molecule has 18 heavy (non-hydrogen) atoms. The minimum atomic E-state index is -0.407. The van der Waals surface area contributed by atoms with E-state index in [1.54, 1.807) is 19.1 Å². The number of aliphatic hydroxyl groups is 1. The Morgan fingerprint density at radius 2 is 2.17 bits per heavy atom. The lowest BCUT2D eigenvalue weighted by molar-refractivity contribution is -0.385. The molecule has 0 heterocycles. The number of benzene rings is 1. The van der Waals surface area contributed by atoms with Crippen LogP contribution in [0.25, 0.3) is 0 Å². The standard InChI is InChI=1S/C13H17NO4/c1-8-6-9(4-5-10(8)14(16)17)18-12-7-11(15)13(12,2)3/h4-6,11-12,15H,7H2,1-3H3. The zero-order valence-electron chi connectivity index (χ0n) is 10.7. The predicted molar refractivity (Wildman–Crippen MR) is 66.7 cm³/mol. The summed E-state index contributed by atoms with van der Waals surface area (Å²) >= 11 is 0. The molecule has 1 aromatic rings. The smallest absolute Gasteiger partial charge is 0.272 e. The summed E-state index contributed by atoms with van der Waals surface area (Å²) in [5, 5.41) is 20.3. The minimum Gasteiger partial charge on any atom is -0.490 e. The van der Waals surface area contributed by atoms with E-state index >= 15 is 0 Å². The van der Waals surface area contributed by atoms with Gasteiger partial charge in [-0.3, -0.25) is 10.1 Å². The molecule has 1 aliphatic carbocycles. The molecule has 1 N–H and O–H groups in total. The Labute approximate surface area is 106 Å². The minimum absolute atomic E-state index is 0.0478. The van der Waals surface area contributed by atoms with E-state index in [0.717, 1.165) is 0 Å². The highest BCUT2D eigenvalue weighted by atomic mass is 16.6. The van der Waals surface area contributed by atoms with Crippen LogP contribution in [0.3, 0.4) is 0 Å². The van der Waals surface area contributed by atoms with E-state index in [9.17, 15) is 15.2 Å². The van der Waals surface area contributed by atoms with E-state index in [-0.39, 0.29) is 23.3 Å². The maximum atomic E-state index is 10.7. The first-order valence-corrected chi connectivity index (χ1v) is 5.92. The second-order valence-corrected chi connectivity index (χ2v) is 5.38. The molecule has 0 spiro atoms. The zero-order chi connectivity index (χ0) is 13.5. The molecule has 5 heteroatoms. The van der Waals surface area contributed by atoms with E-state index in [4.69, 9.17) is 4.74 Å². The molecule has 2 atom stereocenters. The monoisotopic (exact) mass is 251 g/mol.